The van der Waals surface area contributed by atoms with Gasteiger partial charge in [0.2, 0.25) is 12.0 Å². The number of hydrogen-bond donors (Lipinski definition) is 0. The first-order valence-electron chi connectivity index (χ1n) is 4.61. The number of alkyl halides is 12. The van der Waals surface area contributed by atoms with Crippen molar-refractivity contribution in [3.8, 4) is 0 Å². The van der Waals surface area contributed by atoms with E-state index in [1.165, 1.54) is 0 Å². The van der Waals surface area contributed by atoms with E-state index in [4.69, 9.17) is 0 Å². The topological polar surface area (TPSA) is 0 Å². The van der Waals surface area contributed by atoms with E-state index in [-0.39, 0.29) is 0 Å². The molecule has 0 aromatic heterocycles. The van der Waals surface area contributed by atoms with Crippen LogP contribution in [0.2, 0.25) is 0 Å². The number of allylic oxidation sites excluding steroid dienone is 2. The van der Waals surface area contributed by atoms with E-state index in [9.17, 15) is 61.5 Å². The fraction of sp³-hybridized carbons (Fsp3) is 0.750. The van der Waals surface area contributed by atoms with Crippen LogP contribution < -0.4 is 0 Å². The Morgan fingerprint density at radius 3 is 1.14 bits per heavy atom. The Kier molecular flexibility index (Phi) is 5.43. The van der Waals surface area contributed by atoms with Crippen molar-refractivity contribution in [3.05, 3.63) is 11.7 Å². The van der Waals surface area contributed by atoms with Gasteiger partial charge in [-0.25, -0.2) is 26.3 Å². The van der Waals surface area contributed by atoms with Crippen LogP contribution in [0.15, 0.2) is 11.7 Å². The maximum atomic E-state index is 12.9. The van der Waals surface area contributed by atoms with E-state index < -0.39 is 48.2 Å². The van der Waals surface area contributed by atoms with Crippen molar-refractivity contribution in [2.45, 2.75) is 36.5 Å². The van der Waals surface area contributed by atoms with Gasteiger partial charge in [0.15, 0.2) is 5.83 Å². The minimum Gasteiger partial charge on any atom is -0.234 e. The van der Waals surface area contributed by atoms with Crippen molar-refractivity contribution in [2.75, 3.05) is 0 Å². The van der Waals surface area contributed by atoms with Gasteiger partial charge in [-0.1, -0.05) is 0 Å². The molecule has 22 heavy (non-hydrogen) atoms. The molecule has 0 heterocycles. The lowest BCUT2D eigenvalue weighted by molar-refractivity contribution is -0.332. The molecular formula is C8H2F14. The third kappa shape index (κ3) is 3.24. The summed E-state index contributed by atoms with van der Waals surface area (Å²) in [5.41, 5.74) is -7.27. The van der Waals surface area contributed by atoms with Gasteiger partial charge in [-0.05, 0) is 0 Å². The van der Waals surface area contributed by atoms with E-state index in [1.54, 1.807) is 0 Å². The Morgan fingerprint density at radius 2 is 0.909 bits per heavy atom. The molecule has 0 N–H and O–H groups in total. The summed E-state index contributed by atoms with van der Waals surface area (Å²) < 4.78 is 171. The smallest absolute Gasteiger partial charge is 0.234 e. The minimum atomic E-state index is -7.32. The molecule has 0 fully saturated rings. The summed E-state index contributed by atoms with van der Waals surface area (Å²) in [6.45, 7) is 0. The number of rotatable bonds is 4. The van der Waals surface area contributed by atoms with Gasteiger partial charge < -0.3 is 0 Å². The Labute approximate surface area is 111 Å². The largest absolute Gasteiger partial charge is 0.438 e. The summed E-state index contributed by atoms with van der Waals surface area (Å²) >= 11 is 0. The molecule has 0 aromatic carbocycles. The molecule has 132 valence electrons. The van der Waals surface area contributed by atoms with E-state index in [0.717, 1.165) is 0 Å². The van der Waals surface area contributed by atoms with Crippen LogP contribution in [0.4, 0.5) is 61.5 Å². The SMILES string of the molecule is FC(=C(F)C(F)(C(F)(F)F)C(F)(F)F)C(F)(F)C(F)C(F)F. The lowest BCUT2D eigenvalue weighted by Gasteiger charge is -2.29. The zero-order valence-electron chi connectivity index (χ0n) is 9.45. The van der Waals surface area contributed by atoms with E-state index in [2.05, 4.69) is 0 Å². The molecule has 0 bridgehead atoms. The molecule has 1 atom stereocenters. The minimum absolute atomic E-state index is 4.59. The van der Waals surface area contributed by atoms with Gasteiger partial charge in [-0.3, -0.25) is 0 Å². The average molecular weight is 364 g/mol. The van der Waals surface area contributed by atoms with Crippen molar-refractivity contribution in [1.82, 2.24) is 0 Å². The maximum absolute atomic E-state index is 12.9. The first-order chi connectivity index (χ1) is 9.42. The fourth-order valence-electron chi connectivity index (χ4n) is 0.986. The van der Waals surface area contributed by atoms with Crippen LogP contribution >= 0.6 is 0 Å². The monoisotopic (exact) mass is 364 g/mol. The van der Waals surface area contributed by atoms with Crippen molar-refractivity contribution < 1.29 is 61.5 Å². The molecule has 0 amide bonds. The average Bonchev–Trinajstić information content (AvgIpc) is 2.31. The molecule has 0 nitrogen and oxygen atoms in total. The highest BCUT2D eigenvalue weighted by atomic mass is 19.4. The summed E-state index contributed by atoms with van der Waals surface area (Å²) in [5, 5.41) is 0. The van der Waals surface area contributed by atoms with Gasteiger partial charge in [-0.2, -0.15) is 35.1 Å². The molecule has 0 aliphatic rings. The zero-order valence-corrected chi connectivity index (χ0v) is 9.45. The standard InChI is InChI=1S/C8H2F14/c9-1(5(14,15)3(11)4(12)13)2(10)6(16,7(17,18)19)8(20,21)22/h3-4H. The Hall–Kier alpha value is -1.24. The second-order valence-corrected chi connectivity index (χ2v) is 3.64. The molecule has 0 radical (unpaired) electrons. The third-order valence-corrected chi connectivity index (χ3v) is 2.14. The highest BCUT2D eigenvalue weighted by Crippen LogP contribution is 2.53. The maximum Gasteiger partial charge on any atom is 0.438 e. The molecule has 0 saturated heterocycles. The Morgan fingerprint density at radius 1 is 0.591 bits per heavy atom. The van der Waals surface area contributed by atoms with Crippen LogP contribution in [-0.4, -0.2) is 36.5 Å². The second-order valence-electron chi connectivity index (χ2n) is 3.64. The molecule has 0 aliphatic heterocycles. The van der Waals surface area contributed by atoms with E-state index in [0.29, 0.717) is 0 Å². The molecule has 0 aromatic rings. The summed E-state index contributed by atoms with van der Waals surface area (Å²) in [6, 6.07) is 0. The lowest BCUT2D eigenvalue weighted by Crippen LogP contribution is -2.55. The quantitative estimate of drug-likeness (QED) is 0.601. The molecule has 1 unspecified atom stereocenters. The molecule has 0 rings (SSSR count). The molecular weight excluding hydrogens is 362 g/mol. The Bertz CT molecular complexity index is 411. The fourth-order valence-corrected chi connectivity index (χ4v) is 0.986. The van der Waals surface area contributed by atoms with Crippen LogP contribution in [-0.2, 0) is 0 Å². The number of hydrogen-bond acceptors (Lipinski definition) is 0. The Balaban J connectivity index is 6.32. The lowest BCUT2D eigenvalue weighted by atomic mass is 9.99. The molecule has 0 aliphatic carbocycles. The van der Waals surface area contributed by atoms with Crippen LogP contribution in [0, 0.1) is 0 Å². The highest BCUT2D eigenvalue weighted by Gasteiger charge is 2.77. The third-order valence-electron chi connectivity index (χ3n) is 2.14. The zero-order chi connectivity index (χ0) is 18.3. The molecule has 14 heteroatoms. The van der Waals surface area contributed by atoms with Gasteiger partial charge in [0.05, 0.1) is 0 Å². The van der Waals surface area contributed by atoms with Crippen LogP contribution in [0.3, 0.4) is 0 Å². The first kappa shape index (κ1) is 20.8. The predicted octanol–water partition coefficient (Wildman–Crippen LogP) is 5.21. The van der Waals surface area contributed by atoms with Crippen LogP contribution in [0.1, 0.15) is 0 Å². The van der Waals surface area contributed by atoms with Gasteiger partial charge in [0.25, 0.3) is 6.43 Å². The highest BCUT2D eigenvalue weighted by molar-refractivity contribution is 5.25. The van der Waals surface area contributed by atoms with Crippen LogP contribution in [0.5, 0.6) is 0 Å². The predicted molar refractivity (Wildman–Crippen MR) is 41.0 cm³/mol. The van der Waals surface area contributed by atoms with Gasteiger partial charge in [0, 0.05) is 0 Å². The van der Waals surface area contributed by atoms with Crippen LogP contribution in [0.25, 0.3) is 0 Å². The summed E-state index contributed by atoms with van der Waals surface area (Å²) in [4.78, 5) is 0. The summed E-state index contributed by atoms with van der Waals surface area (Å²) in [7, 11) is 0. The van der Waals surface area contributed by atoms with Crippen molar-refractivity contribution >= 4 is 0 Å². The summed E-state index contributed by atoms with van der Waals surface area (Å²) in [5.74, 6) is -15.9. The first-order valence-corrected chi connectivity index (χ1v) is 4.61. The van der Waals surface area contributed by atoms with Gasteiger partial charge in [-0.15, -0.1) is 0 Å². The van der Waals surface area contributed by atoms with Crippen molar-refractivity contribution in [1.29, 1.82) is 0 Å². The van der Waals surface area contributed by atoms with Crippen molar-refractivity contribution in [2.24, 2.45) is 0 Å². The van der Waals surface area contributed by atoms with E-state index >= 15 is 0 Å². The summed E-state index contributed by atoms with van der Waals surface area (Å²) in [6.07, 6.45) is -24.5. The van der Waals surface area contributed by atoms with E-state index in [1.807, 2.05) is 0 Å². The van der Waals surface area contributed by atoms with Gasteiger partial charge >= 0.3 is 23.9 Å². The van der Waals surface area contributed by atoms with Crippen molar-refractivity contribution in [3.63, 3.8) is 0 Å². The van der Waals surface area contributed by atoms with Gasteiger partial charge in [0.1, 0.15) is 0 Å². The molecule has 0 spiro atoms. The second kappa shape index (κ2) is 5.76. The number of halogens is 14. The molecule has 0 saturated carbocycles. The normalized spacial score (nSPS) is 17.6.